The van der Waals surface area contributed by atoms with E-state index in [1.807, 2.05) is 18.2 Å². The molecular weight excluding hydrogens is 235 g/mol. The van der Waals surface area contributed by atoms with Crippen LogP contribution in [-0.4, -0.2) is 4.83 Å². The van der Waals surface area contributed by atoms with Crippen molar-refractivity contribution in [2.45, 2.75) is 24.6 Å². The Morgan fingerprint density at radius 3 is 2.50 bits per heavy atom. The second-order valence-corrected chi connectivity index (χ2v) is 4.90. The Morgan fingerprint density at radius 2 is 2.00 bits per heavy atom. The summed E-state index contributed by atoms with van der Waals surface area (Å²) in [4.78, 5) is 0.482. The van der Waals surface area contributed by atoms with Crippen molar-refractivity contribution in [1.82, 2.24) is 0 Å². The fourth-order valence-corrected chi connectivity index (χ4v) is 1.56. The van der Waals surface area contributed by atoms with Crippen LogP contribution in [0.3, 0.4) is 0 Å². The molecule has 0 saturated heterocycles. The quantitative estimate of drug-likeness (QED) is 0.686. The predicted molar refractivity (Wildman–Crippen MR) is 58.3 cm³/mol. The van der Waals surface area contributed by atoms with Gasteiger partial charge in [-0.05, 0) is 23.6 Å². The molecule has 0 amide bonds. The number of halogens is 2. The highest BCUT2D eigenvalue weighted by molar-refractivity contribution is 9.09. The van der Waals surface area contributed by atoms with Crippen LogP contribution < -0.4 is 0 Å². The summed E-state index contributed by atoms with van der Waals surface area (Å²) in [6.07, 6.45) is 0. The van der Waals surface area contributed by atoms with Gasteiger partial charge in [0.1, 0.15) is 0 Å². The third-order valence-electron chi connectivity index (χ3n) is 2.06. The fourth-order valence-electron chi connectivity index (χ4n) is 1.06. The van der Waals surface area contributed by atoms with Crippen molar-refractivity contribution in [2.75, 3.05) is 0 Å². The standard InChI is InChI=1S/C10H12BrCl/c1-7(8(2)11)9-4-3-5-10(12)6-9/h3-8H,1-2H3. The first-order valence-electron chi connectivity index (χ1n) is 4.01. The number of benzene rings is 1. The summed E-state index contributed by atoms with van der Waals surface area (Å²) >= 11 is 9.44. The summed E-state index contributed by atoms with van der Waals surface area (Å²) in [7, 11) is 0. The lowest BCUT2D eigenvalue weighted by Gasteiger charge is -2.14. The Labute approximate surface area is 87.1 Å². The van der Waals surface area contributed by atoms with Crippen LogP contribution in [0.1, 0.15) is 25.3 Å². The van der Waals surface area contributed by atoms with E-state index in [-0.39, 0.29) is 0 Å². The molecule has 0 heterocycles. The first kappa shape index (κ1) is 10.1. The monoisotopic (exact) mass is 246 g/mol. The third-order valence-corrected chi connectivity index (χ3v) is 3.09. The molecule has 2 heteroatoms. The van der Waals surface area contributed by atoms with Crippen molar-refractivity contribution in [3.63, 3.8) is 0 Å². The van der Waals surface area contributed by atoms with Gasteiger partial charge in [-0.2, -0.15) is 0 Å². The average molecular weight is 248 g/mol. The first-order chi connectivity index (χ1) is 5.61. The highest BCUT2D eigenvalue weighted by atomic mass is 79.9. The lowest BCUT2D eigenvalue weighted by Crippen LogP contribution is -2.03. The molecule has 12 heavy (non-hydrogen) atoms. The minimum atomic E-state index is 0.482. The minimum absolute atomic E-state index is 0.482. The van der Waals surface area contributed by atoms with Gasteiger partial charge in [0.25, 0.3) is 0 Å². The summed E-state index contributed by atoms with van der Waals surface area (Å²) in [6.45, 7) is 4.33. The van der Waals surface area contributed by atoms with Crippen molar-refractivity contribution < 1.29 is 0 Å². The van der Waals surface area contributed by atoms with Gasteiger partial charge in [0, 0.05) is 9.85 Å². The molecule has 66 valence electrons. The molecule has 0 saturated carbocycles. The summed E-state index contributed by atoms with van der Waals surface area (Å²) in [6, 6.07) is 8.01. The second-order valence-electron chi connectivity index (χ2n) is 3.02. The van der Waals surface area contributed by atoms with Crippen LogP contribution in [0.4, 0.5) is 0 Å². The van der Waals surface area contributed by atoms with Gasteiger partial charge in [-0.25, -0.2) is 0 Å². The molecule has 1 rings (SSSR count). The average Bonchev–Trinajstić information content (AvgIpc) is 2.03. The summed E-state index contributed by atoms with van der Waals surface area (Å²) in [5.41, 5.74) is 1.28. The van der Waals surface area contributed by atoms with Crippen molar-refractivity contribution in [3.05, 3.63) is 34.9 Å². The Kier molecular flexibility index (Phi) is 3.60. The molecule has 0 radical (unpaired) electrons. The van der Waals surface area contributed by atoms with Crippen molar-refractivity contribution in [1.29, 1.82) is 0 Å². The van der Waals surface area contributed by atoms with E-state index in [2.05, 4.69) is 35.8 Å². The molecule has 1 aromatic carbocycles. The maximum atomic E-state index is 5.88. The topological polar surface area (TPSA) is 0 Å². The maximum absolute atomic E-state index is 5.88. The van der Waals surface area contributed by atoms with Crippen LogP contribution in [0.15, 0.2) is 24.3 Å². The molecule has 0 aliphatic carbocycles. The molecule has 0 aliphatic heterocycles. The highest BCUT2D eigenvalue weighted by Crippen LogP contribution is 2.25. The Morgan fingerprint density at radius 1 is 1.33 bits per heavy atom. The minimum Gasteiger partial charge on any atom is -0.0887 e. The molecule has 0 N–H and O–H groups in total. The predicted octanol–water partition coefficient (Wildman–Crippen LogP) is 4.23. The molecule has 0 fully saturated rings. The van der Waals surface area contributed by atoms with E-state index in [9.17, 15) is 0 Å². The third kappa shape index (κ3) is 2.49. The lowest BCUT2D eigenvalue weighted by atomic mass is 9.99. The summed E-state index contributed by atoms with van der Waals surface area (Å²) in [5, 5.41) is 0.813. The number of rotatable bonds is 2. The van der Waals surface area contributed by atoms with Gasteiger partial charge in [0.2, 0.25) is 0 Å². The zero-order valence-electron chi connectivity index (χ0n) is 7.22. The van der Waals surface area contributed by atoms with E-state index in [0.717, 1.165) is 5.02 Å². The van der Waals surface area contributed by atoms with E-state index in [4.69, 9.17) is 11.6 Å². The SMILES string of the molecule is CC(Br)C(C)c1cccc(Cl)c1. The van der Waals surface area contributed by atoms with Crippen LogP contribution in [0.2, 0.25) is 5.02 Å². The fraction of sp³-hybridized carbons (Fsp3) is 0.400. The molecule has 0 nitrogen and oxygen atoms in total. The zero-order chi connectivity index (χ0) is 9.14. The highest BCUT2D eigenvalue weighted by Gasteiger charge is 2.10. The van der Waals surface area contributed by atoms with Crippen LogP contribution >= 0.6 is 27.5 Å². The van der Waals surface area contributed by atoms with Gasteiger partial charge in [-0.3, -0.25) is 0 Å². The second kappa shape index (κ2) is 4.29. The van der Waals surface area contributed by atoms with Crippen molar-refractivity contribution in [3.8, 4) is 0 Å². The van der Waals surface area contributed by atoms with E-state index >= 15 is 0 Å². The molecule has 0 spiro atoms. The molecule has 2 atom stereocenters. The van der Waals surface area contributed by atoms with Crippen LogP contribution in [0.25, 0.3) is 0 Å². The van der Waals surface area contributed by atoms with E-state index in [1.165, 1.54) is 5.56 Å². The lowest BCUT2D eigenvalue weighted by molar-refractivity contribution is 0.762. The van der Waals surface area contributed by atoms with E-state index in [0.29, 0.717) is 10.7 Å². The van der Waals surface area contributed by atoms with Gasteiger partial charge in [0.05, 0.1) is 0 Å². The van der Waals surface area contributed by atoms with Crippen molar-refractivity contribution >= 4 is 27.5 Å². The van der Waals surface area contributed by atoms with Gasteiger partial charge in [0.15, 0.2) is 0 Å². The van der Waals surface area contributed by atoms with Crippen molar-refractivity contribution in [2.24, 2.45) is 0 Å². The molecule has 0 bridgehead atoms. The number of alkyl halides is 1. The summed E-state index contributed by atoms with van der Waals surface area (Å²) < 4.78 is 0. The first-order valence-corrected chi connectivity index (χ1v) is 5.30. The van der Waals surface area contributed by atoms with Crippen LogP contribution in [0.5, 0.6) is 0 Å². The Bertz CT molecular complexity index is 258. The normalized spacial score (nSPS) is 15.7. The zero-order valence-corrected chi connectivity index (χ0v) is 9.56. The molecular formula is C10H12BrCl. The number of hydrogen-bond acceptors (Lipinski definition) is 0. The Hall–Kier alpha value is -0.0100. The van der Waals surface area contributed by atoms with Gasteiger partial charge >= 0.3 is 0 Å². The number of hydrogen-bond donors (Lipinski definition) is 0. The maximum Gasteiger partial charge on any atom is 0.0408 e. The summed E-state index contributed by atoms with van der Waals surface area (Å²) in [5.74, 6) is 0.503. The molecule has 0 aliphatic rings. The molecule has 0 aromatic heterocycles. The van der Waals surface area contributed by atoms with E-state index in [1.54, 1.807) is 0 Å². The smallest absolute Gasteiger partial charge is 0.0408 e. The molecule has 2 unspecified atom stereocenters. The largest absolute Gasteiger partial charge is 0.0887 e. The van der Waals surface area contributed by atoms with Gasteiger partial charge in [-0.1, -0.05) is 53.5 Å². The van der Waals surface area contributed by atoms with Crippen LogP contribution in [0, 0.1) is 0 Å². The van der Waals surface area contributed by atoms with E-state index < -0.39 is 0 Å². The van der Waals surface area contributed by atoms with Crippen LogP contribution in [-0.2, 0) is 0 Å². The molecule has 1 aromatic rings. The Balaban J connectivity index is 2.88. The van der Waals surface area contributed by atoms with Gasteiger partial charge < -0.3 is 0 Å². The van der Waals surface area contributed by atoms with Gasteiger partial charge in [-0.15, -0.1) is 0 Å².